The number of Topliss-reactive ketones (excluding diaryl/α,β-unsaturated/α-hetero) is 1. The van der Waals surface area contributed by atoms with Crippen molar-refractivity contribution >= 4 is 11.7 Å². The summed E-state index contributed by atoms with van der Waals surface area (Å²) in [6.45, 7) is 1.69. The molecule has 0 bridgehead atoms. The zero-order valence-corrected chi connectivity index (χ0v) is 12.0. The Balaban J connectivity index is 2.80. The lowest BCUT2D eigenvalue weighted by atomic mass is 10.0. The smallest absolute Gasteiger partial charge is 0.236 e. The van der Waals surface area contributed by atoms with Crippen molar-refractivity contribution in [1.29, 1.82) is 0 Å². The van der Waals surface area contributed by atoms with Crippen molar-refractivity contribution in [3.8, 4) is 0 Å². The second kappa shape index (κ2) is 6.56. The Hall–Kier alpha value is -1.82. The minimum Gasteiger partial charge on any atom is -0.348 e. The fraction of sp³-hybridized carbons (Fsp3) is 0.429. The molecule has 0 fully saturated rings. The van der Waals surface area contributed by atoms with Gasteiger partial charge in [-0.3, -0.25) is 14.5 Å². The summed E-state index contributed by atoms with van der Waals surface area (Å²) in [7, 11) is 4.87. The molecule has 1 aromatic carbocycles. The van der Waals surface area contributed by atoms with Crippen LogP contribution in [0, 0.1) is 11.6 Å². The first kappa shape index (κ1) is 16.2. The van der Waals surface area contributed by atoms with E-state index < -0.39 is 17.7 Å². The number of rotatable bonds is 5. The second-order valence-corrected chi connectivity index (χ2v) is 4.87. The van der Waals surface area contributed by atoms with E-state index >= 15 is 0 Å². The molecular weight excluding hydrogens is 266 g/mol. The molecule has 0 saturated heterocycles. The number of carbonyl (C=O) groups is 2. The van der Waals surface area contributed by atoms with Crippen LogP contribution < -0.4 is 0 Å². The van der Waals surface area contributed by atoms with Crippen LogP contribution in [-0.2, 0) is 4.79 Å². The van der Waals surface area contributed by atoms with Crippen LogP contribution in [0.5, 0.6) is 0 Å². The highest BCUT2D eigenvalue weighted by molar-refractivity contribution is 6.00. The molecule has 1 amide bonds. The average Bonchev–Trinajstić information content (AvgIpc) is 2.39. The minimum atomic E-state index is -1.06. The molecule has 0 aliphatic heterocycles. The lowest BCUT2D eigenvalue weighted by Gasteiger charge is -2.24. The van der Waals surface area contributed by atoms with Crippen molar-refractivity contribution in [3.05, 3.63) is 35.4 Å². The largest absolute Gasteiger partial charge is 0.348 e. The molecule has 0 aliphatic carbocycles. The van der Waals surface area contributed by atoms with Gasteiger partial charge in [-0.1, -0.05) is 0 Å². The predicted molar refractivity (Wildman–Crippen MR) is 71.5 cm³/mol. The van der Waals surface area contributed by atoms with E-state index in [9.17, 15) is 18.4 Å². The van der Waals surface area contributed by atoms with Gasteiger partial charge in [0.1, 0.15) is 0 Å². The minimum absolute atomic E-state index is 0.0730. The Morgan fingerprint density at radius 2 is 1.75 bits per heavy atom. The molecule has 6 heteroatoms. The maximum atomic E-state index is 13.1. The average molecular weight is 284 g/mol. The van der Waals surface area contributed by atoms with Crippen molar-refractivity contribution in [2.75, 3.05) is 27.7 Å². The third kappa shape index (κ3) is 3.84. The number of carbonyl (C=O) groups excluding carboxylic acids is 2. The quantitative estimate of drug-likeness (QED) is 0.770. The summed E-state index contributed by atoms with van der Waals surface area (Å²) in [6, 6.07) is 2.42. The van der Waals surface area contributed by atoms with Gasteiger partial charge in [-0.2, -0.15) is 0 Å². The van der Waals surface area contributed by atoms with E-state index in [0.717, 1.165) is 12.1 Å². The fourth-order valence-electron chi connectivity index (χ4n) is 1.58. The molecule has 20 heavy (non-hydrogen) atoms. The molecule has 0 heterocycles. The number of likely N-dealkylation sites (N-methyl/N-ethyl adjacent to an activating group) is 2. The Bertz CT molecular complexity index is 518. The van der Waals surface area contributed by atoms with E-state index in [1.807, 2.05) is 0 Å². The summed E-state index contributed by atoms with van der Waals surface area (Å²) in [5.74, 6) is -2.56. The van der Waals surface area contributed by atoms with Crippen molar-refractivity contribution in [2.45, 2.75) is 13.0 Å². The molecule has 0 spiro atoms. The number of hydrogen-bond acceptors (Lipinski definition) is 3. The van der Waals surface area contributed by atoms with Crippen LogP contribution in [0.4, 0.5) is 8.78 Å². The summed E-state index contributed by atoms with van der Waals surface area (Å²) in [6.07, 6.45) is 0. The van der Waals surface area contributed by atoms with Crippen LogP contribution in [-0.4, -0.2) is 55.2 Å². The van der Waals surface area contributed by atoms with Gasteiger partial charge in [0.05, 0.1) is 12.6 Å². The van der Waals surface area contributed by atoms with Crippen LogP contribution >= 0.6 is 0 Å². The molecule has 1 unspecified atom stereocenters. The van der Waals surface area contributed by atoms with Gasteiger partial charge in [-0.25, -0.2) is 8.78 Å². The van der Waals surface area contributed by atoms with E-state index in [2.05, 4.69) is 0 Å². The lowest BCUT2D eigenvalue weighted by molar-refractivity contribution is -0.129. The maximum Gasteiger partial charge on any atom is 0.236 e. The van der Waals surface area contributed by atoms with Crippen molar-refractivity contribution < 1.29 is 18.4 Å². The summed E-state index contributed by atoms with van der Waals surface area (Å²) in [5.41, 5.74) is 0.0838. The molecule has 4 nitrogen and oxygen atoms in total. The maximum absolute atomic E-state index is 13.1. The second-order valence-electron chi connectivity index (χ2n) is 4.87. The molecule has 0 N–H and O–H groups in total. The number of hydrogen-bond donors (Lipinski definition) is 0. The molecule has 0 radical (unpaired) electrons. The molecular formula is C14H18F2N2O2. The van der Waals surface area contributed by atoms with Gasteiger partial charge in [0.15, 0.2) is 17.4 Å². The number of benzene rings is 1. The van der Waals surface area contributed by atoms with Crippen LogP contribution in [0.1, 0.15) is 17.3 Å². The van der Waals surface area contributed by atoms with Gasteiger partial charge in [-0.05, 0) is 32.2 Å². The van der Waals surface area contributed by atoms with Gasteiger partial charge in [0.2, 0.25) is 5.91 Å². The van der Waals surface area contributed by atoms with Crippen molar-refractivity contribution in [2.24, 2.45) is 0 Å². The van der Waals surface area contributed by atoms with E-state index in [4.69, 9.17) is 0 Å². The van der Waals surface area contributed by atoms with E-state index in [-0.39, 0.29) is 23.8 Å². The monoisotopic (exact) mass is 284 g/mol. The van der Waals surface area contributed by atoms with E-state index in [1.54, 1.807) is 33.0 Å². The van der Waals surface area contributed by atoms with Crippen molar-refractivity contribution in [3.63, 3.8) is 0 Å². The highest BCUT2D eigenvalue weighted by Crippen LogP contribution is 2.12. The first-order chi connectivity index (χ1) is 9.23. The highest BCUT2D eigenvalue weighted by Gasteiger charge is 2.22. The SMILES string of the molecule is CC(C(=O)c1ccc(F)c(F)c1)N(C)CC(=O)N(C)C. The van der Waals surface area contributed by atoms with Crippen LogP contribution in [0.3, 0.4) is 0 Å². The summed E-state index contributed by atoms with van der Waals surface area (Å²) in [4.78, 5) is 26.7. The molecule has 1 aromatic rings. The summed E-state index contributed by atoms with van der Waals surface area (Å²) in [5, 5.41) is 0. The molecule has 110 valence electrons. The van der Waals surface area contributed by atoms with Crippen LogP contribution in [0.2, 0.25) is 0 Å². The topological polar surface area (TPSA) is 40.6 Å². The zero-order chi connectivity index (χ0) is 15.4. The van der Waals surface area contributed by atoms with Crippen LogP contribution in [0.15, 0.2) is 18.2 Å². The van der Waals surface area contributed by atoms with E-state index in [1.165, 1.54) is 11.0 Å². The van der Waals surface area contributed by atoms with E-state index in [0.29, 0.717) is 0 Å². The fourth-order valence-corrected chi connectivity index (χ4v) is 1.58. The highest BCUT2D eigenvalue weighted by atomic mass is 19.2. The first-order valence-electron chi connectivity index (χ1n) is 6.13. The number of amides is 1. The van der Waals surface area contributed by atoms with Gasteiger partial charge in [0.25, 0.3) is 0 Å². The van der Waals surface area contributed by atoms with Gasteiger partial charge < -0.3 is 4.90 Å². The Kier molecular flexibility index (Phi) is 5.33. The first-order valence-corrected chi connectivity index (χ1v) is 6.13. The Morgan fingerprint density at radius 1 is 1.15 bits per heavy atom. The normalized spacial score (nSPS) is 12.3. The molecule has 0 aromatic heterocycles. The number of halogens is 2. The van der Waals surface area contributed by atoms with Crippen molar-refractivity contribution in [1.82, 2.24) is 9.80 Å². The van der Waals surface area contributed by atoms with Gasteiger partial charge in [-0.15, -0.1) is 0 Å². The lowest BCUT2D eigenvalue weighted by Crippen LogP contribution is -2.42. The summed E-state index contributed by atoms with van der Waals surface area (Å²) < 4.78 is 26.0. The Labute approximate surface area is 117 Å². The zero-order valence-electron chi connectivity index (χ0n) is 12.0. The summed E-state index contributed by atoms with van der Waals surface area (Å²) >= 11 is 0. The molecule has 1 atom stereocenters. The Morgan fingerprint density at radius 3 is 2.25 bits per heavy atom. The number of ketones is 1. The standard InChI is InChI=1S/C14H18F2N2O2/c1-9(18(4)8-13(19)17(2)3)14(20)10-5-6-11(15)12(16)7-10/h5-7,9H,8H2,1-4H3. The molecule has 0 saturated carbocycles. The van der Waals surface area contributed by atoms with Gasteiger partial charge in [0, 0.05) is 19.7 Å². The predicted octanol–water partition coefficient (Wildman–Crippen LogP) is 1.56. The third-order valence-electron chi connectivity index (χ3n) is 3.13. The van der Waals surface area contributed by atoms with Crippen LogP contribution in [0.25, 0.3) is 0 Å². The number of nitrogens with zero attached hydrogens (tertiary/aromatic N) is 2. The third-order valence-corrected chi connectivity index (χ3v) is 3.13. The van der Waals surface area contributed by atoms with Gasteiger partial charge >= 0.3 is 0 Å². The molecule has 1 rings (SSSR count). The molecule has 0 aliphatic rings.